The molecule has 2 aromatic heterocycles. The van der Waals surface area contributed by atoms with Crippen molar-refractivity contribution in [2.75, 3.05) is 36.5 Å². The number of ether oxygens (including phenoxy) is 1. The summed E-state index contributed by atoms with van der Waals surface area (Å²) in [5, 5.41) is 2.85. The molecule has 0 unspecified atom stereocenters. The van der Waals surface area contributed by atoms with Crippen molar-refractivity contribution in [1.29, 1.82) is 0 Å². The standard InChI is InChI=1S/C26H25F2N7O2/c27-22(28)23-31-18-3-1-2-4-20(18)35(23)25-32-19(15-21(33-25)34-11-13-37-14-12-34)16-5-7-17(8-6-16)30-24(36)26(29)9-10-26/h1-8,15,22H,9-14,29H2,(H,30,36). The Morgan fingerprint density at radius 2 is 1.76 bits per heavy atom. The van der Waals surface area contributed by atoms with Crippen LogP contribution < -0.4 is 16.0 Å². The number of alkyl halides is 2. The zero-order chi connectivity index (χ0) is 25.6. The fourth-order valence-corrected chi connectivity index (χ4v) is 4.37. The van der Waals surface area contributed by atoms with Gasteiger partial charge in [0, 0.05) is 30.4 Å². The van der Waals surface area contributed by atoms with Crippen LogP contribution in [0.3, 0.4) is 0 Å². The second kappa shape index (κ2) is 9.16. The third-order valence-corrected chi connectivity index (χ3v) is 6.70. The van der Waals surface area contributed by atoms with Crippen molar-refractivity contribution in [2.45, 2.75) is 24.8 Å². The van der Waals surface area contributed by atoms with Crippen LogP contribution >= 0.6 is 0 Å². The summed E-state index contributed by atoms with van der Waals surface area (Å²) in [6.07, 6.45) is -1.46. The van der Waals surface area contributed by atoms with Crippen LogP contribution in [0.4, 0.5) is 20.3 Å². The maximum atomic E-state index is 14.1. The summed E-state index contributed by atoms with van der Waals surface area (Å²) >= 11 is 0. The molecule has 2 fully saturated rings. The largest absolute Gasteiger partial charge is 0.378 e. The van der Waals surface area contributed by atoms with Crippen LogP contribution in [-0.4, -0.2) is 57.3 Å². The number of halogens is 2. The molecule has 2 aliphatic rings. The average Bonchev–Trinajstić information content (AvgIpc) is 3.56. The molecular weight excluding hydrogens is 480 g/mol. The fraction of sp³-hybridized carbons (Fsp3) is 0.308. The van der Waals surface area contributed by atoms with Crippen molar-refractivity contribution in [3.05, 3.63) is 60.4 Å². The van der Waals surface area contributed by atoms with Crippen molar-refractivity contribution in [3.63, 3.8) is 0 Å². The number of nitrogens with one attached hydrogen (secondary N) is 1. The number of anilines is 2. The third-order valence-electron chi connectivity index (χ3n) is 6.70. The Balaban J connectivity index is 1.43. The van der Waals surface area contributed by atoms with Gasteiger partial charge in [0.25, 0.3) is 6.43 Å². The van der Waals surface area contributed by atoms with E-state index in [4.69, 9.17) is 10.5 Å². The number of morpholine rings is 1. The molecule has 3 N–H and O–H groups in total. The summed E-state index contributed by atoms with van der Waals surface area (Å²) in [5.41, 5.74) is 8.06. The zero-order valence-electron chi connectivity index (χ0n) is 19.9. The van der Waals surface area contributed by atoms with Gasteiger partial charge in [-0.25, -0.2) is 18.7 Å². The number of para-hydroxylation sites is 2. The normalized spacial score (nSPS) is 16.8. The molecule has 0 spiro atoms. The number of carbonyl (C=O) groups is 1. The maximum absolute atomic E-state index is 14.1. The number of carbonyl (C=O) groups excluding carboxylic acids is 1. The monoisotopic (exact) mass is 505 g/mol. The fourth-order valence-electron chi connectivity index (χ4n) is 4.37. The number of nitrogens with two attached hydrogens (primary N) is 1. The molecule has 1 aliphatic heterocycles. The number of hydrogen-bond acceptors (Lipinski definition) is 7. The van der Waals surface area contributed by atoms with Gasteiger partial charge in [-0.1, -0.05) is 24.3 Å². The number of nitrogens with zero attached hydrogens (tertiary/aromatic N) is 5. The zero-order valence-corrected chi connectivity index (χ0v) is 19.9. The lowest BCUT2D eigenvalue weighted by Crippen LogP contribution is -2.37. The van der Waals surface area contributed by atoms with Gasteiger partial charge in [0.15, 0.2) is 5.82 Å². The van der Waals surface area contributed by atoms with Gasteiger partial charge in [-0.05, 0) is 37.1 Å². The molecule has 0 bridgehead atoms. The predicted octanol–water partition coefficient (Wildman–Crippen LogP) is 3.69. The lowest BCUT2D eigenvalue weighted by molar-refractivity contribution is -0.118. The number of fused-ring (bicyclic) bond motifs is 1. The predicted molar refractivity (Wildman–Crippen MR) is 135 cm³/mol. The van der Waals surface area contributed by atoms with E-state index in [1.54, 1.807) is 36.4 Å². The van der Waals surface area contributed by atoms with Gasteiger partial charge < -0.3 is 20.7 Å². The van der Waals surface area contributed by atoms with Gasteiger partial charge in [-0.15, -0.1) is 0 Å². The number of aromatic nitrogens is 4. The van der Waals surface area contributed by atoms with Crippen LogP contribution in [0, 0.1) is 0 Å². The Kier molecular flexibility index (Phi) is 5.81. The molecule has 0 atom stereocenters. The molecule has 0 radical (unpaired) electrons. The number of benzene rings is 2. The summed E-state index contributed by atoms with van der Waals surface area (Å²) in [6.45, 7) is 2.33. The first-order valence-electron chi connectivity index (χ1n) is 12.1. The molecule has 37 heavy (non-hydrogen) atoms. The van der Waals surface area contributed by atoms with E-state index in [0.29, 0.717) is 67.4 Å². The molecule has 1 saturated heterocycles. The molecular formula is C26H25F2N7O2. The average molecular weight is 506 g/mol. The lowest BCUT2D eigenvalue weighted by Gasteiger charge is -2.28. The van der Waals surface area contributed by atoms with E-state index in [1.165, 1.54) is 4.57 Å². The van der Waals surface area contributed by atoms with Gasteiger partial charge in [-0.3, -0.25) is 9.36 Å². The molecule has 1 aliphatic carbocycles. The van der Waals surface area contributed by atoms with Crippen LogP contribution in [0.2, 0.25) is 0 Å². The highest BCUT2D eigenvalue weighted by Gasteiger charge is 2.45. The highest BCUT2D eigenvalue weighted by Crippen LogP contribution is 2.34. The first kappa shape index (κ1) is 23.4. The molecule has 2 aromatic carbocycles. The summed E-state index contributed by atoms with van der Waals surface area (Å²) in [7, 11) is 0. The van der Waals surface area contributed by atoms with E-state index in [2.05, 4.69) is 20.3 Å². The highest BCUT2D eigenvalue weighted by molar-refractivity contribution is 6.00. The van der Waals surface area contributed by atoms with Gasteiger partial charge >= 0.3 is 0 Å². The maximum Gasteiger partial charge on any atom is 0.296 e. The summed E-state index contributed by atoms with van der Waals surface area (Å²) in [6, 6.07) is 15.9. The number of amides is 1. The molecule has 1 saturated carbocycles. The Bertz CT molecular complexity index is 1460. The van der Waals surface area contributed by atoms with Gasteiger partial charge in [0.1, 0.15) is 5.82 Å². The van der Waals surface area contributed by atoms with Gasteiger partial charge in [-0.2, -0.15) is 4.98 Å². The van der Waals surface area contributed by atoms with E-state index in [-0.39, 0.29) is 11.9 Å². The second-order valence-corrected chi connectivity index (χ2v) is 9.29. The molecule has 3 heterocycles. The Morgan fingerprint density at radius 3 is 2.46 bits per heavy atom. The first-order chi connectivity index (χ1) is 17.9. The van der Waals surface area contributed by atoms with Crippen molar-refractivity contribution in [1.82, 2.24) is 19.5 Å². The van der Waals surface area contributed by atoms with E-state index in [0.717, 1.165) is 5.56 Å². The first-order valence-corrected chi connectivity index (χ1v) is 12.1. The van der Waals surface area contributed by atoms with Crippen molar-refractivity contribution in [3.8, 4) is 17.2 Å². The Morgan fingerprint density at radius 1 is 1.03 bits per heavy atom. The van der Waals surface area contributed by atoms with Crippen molar-refractivity contribution >= 4 is 28.4 Å². The van der Waals surface area contributed by atoms with Gasteiger partial charge in [0.2, 0.25) is 11.9 Å². The molecule has 190 valence electrons. The smallest absolute Gasteiger partial charge is 0.296 e. The SMILES string of the molecule is NC1(C(=O)Nc2ccc(-c3cc(N4CCOCC4)nc(-n4c(C(F)F)nc5ccccc54)n3)cc2)CC1. The topological polar surface area (TPSA) is 111 Å². The molecule has 4 aromatic rings. The minimum absolute atomic E-state index is 0.110. The molecule has 9 nitrogen and oxygen atoms in total. The summed E-state index contributed by atoms with van der Waals surface area (Å²) in [5.74, 6) is 0.0995. The number of imidazole rings is 1. The minimum atomic E-state index is -2.81. The van der Waals surface area contributed by atoms with Crippen LogP contribution in [0.1, 0.15) is 25.1 Å². The minimum Gasteiger partial charge on any atom is -0.378 e. The second-order valence-electron chi connectivity index (χ2n) is 9.29. The number of hydrogen-bond donors (Lipinski definition) is 2. The Hall–Kier alpha value is -3.96. The molecule has 6 rings (SSSR count). The van der Waals surface area contributed by atoms with E-state index in [1.807, 2.05) is 23.1 Å². The van der Waals surface area contributed by atoms with E-state index >= 15 is 0 Å². The van der Waals surface area contributed by atoms with Gasteiger partial charge in [0.05, 0.1) is 35.5 Å². The lowest BCUT2D eigenvalue weighted by atomic mass is 10.1. The van der Waals surface area contributed by atoms with Crippen LogP contribution in [-0.2, 0) is 9.53 Å². The third kappa shape index (κ3) is 4.51. The number of rotatable bonds is 6. The van der Waals surface area contributed by atoms with E-state index < -0.39 is 17.8 Å². The van der Waals surface area contributed by atoms with Crippen LogP contribution in [0.15, 0.2) is 54.6 Å². The van der Waals surface area contributed by atoms with Crippen LogP contribution in [0.5, 0.6) is 0 Å². The van der Waals surface area contributed by atoms with Crippen molar-refractivity contribution in [2.24, 2.45) is 5.73 Å². The molecule has 1 amide bonds. The molecule has 11 heteroatoms. The van der Waals surface area contributed by atoms with E-state index in [9.17, 15) is 13.6 Å². The quantitative estimate of drug-likeness (QED) is 0.411. The summed E-state index contributed by atoms with van der Waals surface area (Å²) < 4.78 is 34.9. The van der Waals surface area contributed by atoms with Crippen molar-refractivity contribution < 1.29 is 18.3 Å². The van der Waals surface area contributed by atoms with Crippen LogP contribution in [0.25, 0.3) is 28.2 Å². The Labute approximate surface area is 211 Å². The highest BCUT2D eigenvalue weighted by atomic mass is 19.3. The summed E-state index contributed by atoms with van der Waals surface area (Å²) in [4.78, 5) is 27.9.